The van der Waals surface area contributed by atoms with Crippen LogP contribution in [0.1, 0.15) is 29.3 Å². The van der Waals surface area contributed by atoms with Crippen molar-refractivity contribution in [2.45, 2.75) is 13.0 Å². The Bertz CT molecular complexity index is 1050. The summed E-state index contributed by atoms with van der Waals surface area (Å²) < 4.78 is 0. The summed E-state index contributed by atoms with van der Waals surface area (Å²) in [6.07, 6.45) is 5.00. The van der Waals surface area contributed by atoms with Crippen molar-refractivity contribution < 1.29 is 4.79 Å². The Labute approximate surface area is 149 Å². The average molecular weight is 344 g/mol. The van der Waals surface area contributed by atoms with Crippen molar-refractivity contribution >= 4 is 16.7 Å². The zero-order valence-corrected chi connectivity index (χ0v) is 14.0. The Morgan fingerprint density at radius 3 is 2.73 bits per heavy atom. The predicted octanol–water partition coefficient (Wildman–Crippen LogP) is 2.91. The van der Waals surface area contributed by atoms with Crippen molar-refractivity contribution in [2.24, 2.45) is 0 Å². The third-order valence-corrected chi connectivity index (χ3v) is 4.09. The molecule has 0 aliphatic carbocycles. The molecule has 7 heteroatoms. The number of carbonyl (C=O) groups excluding carboxylic acids is 1. The minimum Gasteiger partial charge on any atom is -0.341 e. The molecule has 4 aromatic rings. The van der Waals surface area contributed by atoms with Gasteiger partial charge in [0.05, 0.1) is 6.04 Å². The molecule has 128 valence electrons. The SMILES string of the molecule is CC(NC(=O)c1nccc2ccccc12)c1nc(-c2ccncc2)n[nH]1. The maximum absolute atomic E-state index is 12.7. The van der Waals surface area contributed by atoms with Crippen LogP contribution in [-0.2, 0) is 0 Å². The van der Waals surface area contributed by atoms with Crippen LogP contribution in [0.4, 0.5) is 0 Å². The van der Waals surface area contributed by atoms with E-state index in [-0.39, 0.29) is 11.9 Å². The molecule has 26 heavy (non-hydrogen) atoms. The molecule has 0 saturated heterocycles. The normalized spacial score (nSPS) is 12.0. The molecule has 0 fully saturated rings. The highest BCUT2D eigenvalue weighted by molar-refractivity contribution is 6.05. The fourth-order valence-corrected chi connectivity index (χ4v) is 2.73. The topological polar surface area (TPSA) is 96.5 Å². The van der Waals surface area contributed by atoms with Gasteiger partial charge in [-0.25, -0.2) is 4.98 Å². The van der Waals surface area contributed by atoms with E-state index < -0.39 is 0 Å². The zero-order chi connectivity index (χ0) is 17.9. The average Bonchev–Trinajstić information content (AvgIpc) is 3.18. The van der Waals surface area contributed by atoms with E-state index in [0.717, 1.165) is 16.3 Å². The number of hydrogen-bond donors (Lipinski definition) is 2. The molecule has 4 rings (SSSR count). The highest BCUT2D eigenvalue weighted by Gasteiger charge is 2.18. The van der Waals surface area contributed by atoms with Gasteiger partial charge in [-0.2, -0.15) is 5.10 Å². The first-order valence-corrected chi connectivity index (χ1v) is 8.19. The molecule has 1 atom stereocenters. The Hall–Kier alpha value is -3.61. The van der Waals surface area contributed by atoms with Crippen LogP contribution in [0.3, 0.4) is 0 Å². The number of pyridine rings is 2. The Morgan fingerprint density at radius 1 is 1.08 bits per heavy atom. The lowest BCUT2D eigenvalue weighted by Gasteiger charge is -2.11. The number of benzene rings is 1. The van der Waals surface area contributed by atoms with Crippen LogP contribution in [-0.4, -0.2) is 31.1 Å². The highest BCUT2D eigenvalue weighted by Crippen LogP contribution is 2.18. The van der Waals surface area contributed by atoms with Gasteiger partial charge in [-0.1, -0.05) is 24.3 Å². The molecule has 1 aromatic carbocycles. The third kappa shape index (κ3) is 3.02. The van der Waals surface area contributed by atoms with Crippen molar-refractivity contribution in [1.29, 1.82) is 0 Å². The number of hydrogen-bond acceptors (Lipinski definition) is 5. The quantitative estimate of drug-likeness (QED) is 0.593. The van der Waals surface area contributed by atoms with E-state index in [1.165, 1.54) is 0 Å². The summed E-state index contributed by atoms with van der Waals surface area (Å²) in [5, 5.41) is 11.8. The van der Waals surface area contributed by atoms with Crippen molar-refractivity contribution in [3.05, 3.63) is 72.6 Å². The van der Waals surface area contributed by atoms with E-state index in [1.54, 1.807) is 18.6 Å². The second-order valence-electron chi connectivity index (χ2n) is 5.86. The van der Waals surface area contributed by atoms with Gasteiger partial charge in [0.25, 0.3) is 5.91 Å². The van der Waals surface area contributed by atoms with Gasteiger partial charge in [0.2, 0.25) is 0 Å². The minimum atomic E-state index is -0.341. The number of amides is 1. The molecule has 3 aromatic heterocycles. The summed E-state index contributed by atoms with van der Waals surface area (Å²) in [7, 11) is 0. The van der Waals surface area contributed by atoms with Gasteiger partial charge in [0, 0.05) is 29.5 Å². The van der Waals surface area contributed by atoms with Crippen LogP contribution >= 0.6 is 0 Å². The molecule has 7 nitrogen and oxygen atoms in total. The van der Waals surface area contributed by atoms with Crippen LogP contribution in [0, 0.1) is 0 Å². The van der Waals surface area contributed by atoms with Crippen LogP contribution in [0.2, 0.25) is 0 Å². The number of rotatable bonds is 4. The van der Waals surface area contributed by atoms with Crippen molar-refractivity contribution in [1.82, 2.24) is 30.5 Å². The van der Waals surface area contributed by atoms with Gasteiger partial charge < -0.3 is 5.32 Å². The van der Waals surface area contributed by atoms with Crippen LogP contribution in [0.5, 0.6) is 0 Å². The lowest BCUT2D eigenvalue weighted by molar-refractivity contribution is 0.0935. The molecular formula is C19H16N6O. The monoisotopic (exact) mass is 344 g/mol. The molecule has 2 N–H and O–H groups in total. The molecule has 1 unspecified atom stereocenters. The maximum Gasteiger partial charge on any atom is 0.271 e. The number of fused-ring (bicyclic) bond motifs is 1. The molecule has 0 aliphatic rings. The Kier molecular flexibility index (Phi) is 4.10. The summed E-state index contributed by atoms with van der Waals surface area (Å²) >= 11 is 0. The number of H-pyrrole nitrogens is 1. The van der Waals surface area contributed by atoms with E-state index in [2.05, 4.69) is 30.5 Å². The lowest BCUT2D eigenvalue weighted by atomic mass is 10.1. The fraction of sp³-hybridized carbons (Fsp3) is 0.105. The molecule has 0 bridgehead atoms. The molecule has 0 spiro atoms. The van der Waals surface area contributed by atoms with Gasteiger partial charge in [0.1, 0.15) is 11.5 Å². The molecular weight excluding hydrogens is 328 g/mol. The number of aromatic amines is 1. The smallest absolute Gasteiger partial charge is 0.271 e. The third-order valence-electron chi connectivity index (χ3n) is 4.09. The van der Waals surface area contributed by atoms with E-state index >= 15 is 0 Å². The van der Waals surface area contributed by atoms with Crippen molar-refractivity contribution in [3.8, 4) is 11.4 Å². The summed E-state index contributed by atoms with van der Waals surface area (Å²) in [6, 6.07) is 12.9. The van der Waals surface area contributed by atoms with Crippen molar-refractivity contribution in [2.75, 3.05) is 0 Å². The molecule has 0 radical (unpaired) electrons. The van der Waals surface area contributed by atoms with Gasteiger partial charge in [-0.3, -0.25) is 19.9 Å². The van der Waals surface area contributed by atoms with Crippen LogP contribution in [0.15, 0.2) is 61.1 Å². The number of aromatic nitrogens is 5. The lowest BCUT2D eigenvalue weighted by Crippen LogP contribution is -2.28. The Balaban J connectivity index is 1.55. The standard InChI is InChI=1S/C19H16N6O/c1-12(17-23-18(25-24-17)14-6-9-20-10-7-14)22-19(26)16-15-5-3-2-4-13(15)8-11-21-16/h2-12H,1H3,(H,22,26)(H,23,24,25). The summed E-state index contributed by atoms with van der Waals surface area (Å²) in [4.78, 5) is 25.4. The first-order valence-electron chi connectivity index (χ1n) is 8.19. The highest BCUT2D eigenvalue weighted by atomic mass is 16.1. The molecule has 0 aliphatic heterocycles. The van der Waals surface area contributed by atoms with E-state index in [9.17, 15) is 4.79 Å². The first-order chi connectivity index (χ1) is 12.7. The van der Waals surface area contributed by atoms with E-state index in [4.69, 9.17) is 0 Å². The second kappa shape index (κ2) is 6.72. The predicted molar refractivity (Wildman–Crippen MR) is 97.2 cm³/mol. The summed E-state index contributed by atoms with van der Waals surface area (Å²) in [5.41, 5.74) is 1.25. The number of carbonyl (C=O) groups is 1. The minimum absolute atomic E-state index is 0.254. The largest absolute Gasteiger partial charge is 0.341 e. The maximum atomic E-state index is 12.7. The number of nitrogens with zero attached hydrogens (tertiary/aromatic N) is 4. The van der Waals surface area contributed by atoms with E-state index in [1.807, 2.05) is 49.4 Å². The zero-order valence-electron chi connectivity index (χ0n) is 14.0. The summed E-state index contributed by atoms with van der Waals surface area (Å²) in [5.74, 6) is 0.883. The van der Waals surface area contributed by atoms with E-state index in [0.29, 0.717) is 17.3 Å². The molecule has 3 heterocycles. The molecule has 0 saturated carbocycles. The van der Waals surface area contributed by atoms with Crippen LogP contribution < -0.4 is 5.32 Å². The second-order valence-corrected chi connectivity index (χ2v) is 5.86. The van der Waals surface area contributed by atoms with Crippen molar-refractivity contribution in [3.63, 3.8) is 0 Å². The van der Waals surface area contributed by atoms with Gasteiger partial charge >= 0.3 is 0 Å². The van der Waals surface area contributed by atoms with Gasteiger partial charge in [-0.15, -0.1) is 0 Å². The molecule has 1 amide bonds. The fourth-order valence-electron chi connectivity index (χ4n) is 2.73. The van der Waals surface area contributed by atoms with Crippen LogP contribution in [0.25, 0.3) is 22.2 Å². The first kappa shape index (κ1) is 15.9. The number of nitrogens with one attached hydrogen (secondary N) is 2. The van der Waals surface area contributed by atoms with Gasteiger partial charge in [0.15, 0.2) is 5.82 Å². The van der Waals surface area contributed by atoms with Gasteiger partial charge in [-0.05, 0) is 30.5 Å². The summed E-state index contributed by atoms with van der Waals surface area (Å²) in [6.45, 7) is 1.85. The Morgan fingerprint density at radius 2 is 1.88 bits per heavy atom.